The smallest absolute Gasteiger partial charge is 0.238 e. The van der Waals surface area contributed by atoms with Crippen LogP contribution in [0.3, 0.4) is 0 Å². The highest BCUT2D eigenvalue weighted by molar-refractivity contribution is 7.89. The highest BCUT2D eigenvalue weighted by atomic mass is 32.2. The average molecular weight is 335 g/mol. The number of rotatable bonds is 4. The Bertz CT molecular complexity index is 883. The van der Waals surface area contributed by atoms with Crippen molar-refractivity contribution in [1.29, 1.82) is 0 Å². The number of aromatic amines is 1. The molecule has 3 aromatic rings. The summed E-state index contributed by atoms with van der Waals surface area (Å²) in [7, 11) is -3.67. The lowest BCUT2D eigenvalue weighted by Gasteiger charge is -2.01. The van der Waals surface area contributed by atoms with Crippen molar-refractivity contribution in [2.75, 3.05) is 0 Å². The number of nitrogens with two attached hydrogens (primary N) is 1. The fraction of sp³-hybridized carbons (Fsp3) is 0.154. The number of aryl methyl sites for hydroxylation is 1. The Morgan fingerprint density at radius 1 is 1.27 bits per heavy atom. The molecule has 114 valence electrons. The molecule has 1 aromatic carbocycles. The number of H-pyrrole nitrogens is 1. The summed E-state index contributed by atoms with van der Waals surface area (Å²) in [6.45, 7) is 1.92. The van der Waals surface area contributed by atoms with Gasteiger partial charge in [-0.05, 0) is 24.6 Å². The van der Waals surface area contributed by atoms with Crippen molar-refractivity contribution in [2.45, 2.75) is 18.2 Å². The molecule has 0 spiro atoms. The molecule has 0 aliphatic rings. The predicted molar refractivity (Wildman–Crippen MR) is 82.8 cm³/mol. The highest BCUT2D eigenvalue weighted by Gasteiger charge is 2.13. The average Bonchev–Trinajstić information content (AvgIpc) is 3.08. The number of hydrogen-bond acceptors (Lipinski definition) is 6. The quantitative estimate of drug-likeness (QED) is 0.749. The molecule has 22 heavy (non-hydrogen) atoms. The molecule has 7 nitrogen and oxygen atoms in total. The van der Waals surface area contributed by atoms with E-state index in [9.17, 15) is 8.42 Å². The molecule has 2 aromatic heterocycles. The summed E-state index contributed by atoms with van der Waals surface area (Å²) in [5, 5.41) is 12.6. The van der Waals surface area contributed by atoms with Crippen LogP contribution in [0.15, 0.2) is 35.5 Å². The molecule has 0 bridgehead atoms. The molecule has 0 aliphatic heterocycles. The zero-order chi connectivity index (χ0) is 15.7. The van der Waals surface area contributed by atoms with Crippen LogP contribution < -0.4 is 5.14 Å². The van der Waals surface area contributed by atoms with Crippen LogP contribution in [0.5, 0.6) is 0 Å². The van der Waals surface area contributed by atoms with Gasteiger partial charge in [-0.1, -0.05) is 12.1 Å². The SMILES string of the molecule is Cc1nc(Cc2ncn[nH]2)sc1-c1ccc(S(N)(=O)=O)cc1. The van der Waals surface area contributed by atoms with Crippen molar-refractivity contribution in [3.05, 3.63) is 47.1 Å². The van der Waals surface area contributed by atoms with E-state index in [1.54, 1.807) is 23.5 Å². The van der Waals surface area contributed by atoms with E-state index in [0.717, 1.165) is 27.0 Å². The van der Waals surface area contributed by atoms with Gasteiger partial charge in [-0.15, -0.1) is 11.3 Å². The predicted octanol–water partition coefficient (Wildman–Crippen LogP) is 1.47. The van der Waals surface area contributed by atoms with Crippen molar-refractivity contribution in [2.24, 2.45) is 5.14 Å². The van der Waals surface area contributed by atoms with Crippen LogP contribution in [0.4, 0.5) is 0 Å². The van der Waals surface area contributed by atoms with Gasteiger partial charge in [0.05, 0.1) is 21.9 Å². The molecule has 0 aliphatic carbocycles. The lowest BCUT2D eigenvalue weighted by Crippen LogP contribution is -2.11. The Hall–Kier alpha value is -2.10. The van der Waals surface area contributed by atoms with Crippen LogP contribution in [0, 0.1) is 6.92 Å². The molecular formula is C13H13N5O2S2. The van der Waals surface area contributed by atoms with Crippen LogP contribution in [0.2, 0.25) is 0 Å². The standard InChI is InChI=1S/C13H13N5O2S2/c1-8-13(9-2-4-10(5-3-9)22(14,19)20)21-12(17-8)6-11-15-7-16-18-11/h2-5,7H,6H2,1H3,(H2,14,19,20)(H,15,16,18). The number of aromatic nitrogens is 4. The zero-order valence-corrected chi connectivity index (χ0v) is 13.3. The Kier molecular flexibility index (Phi) is 3.77. The molecule has 0 radical (unpaired) electrons. The van der Waals surface area contributed by atoms with Gasteiger partial charge in [-0.3, -0.25) is 5.10 Å². The summed E-state index contributed by atoms with van der Waals surface area (Å²) in [6, 6.07) is 6.47. The minimum absolute atomic E-state index is 0.0975. The molecular weight excluding hydrogens is 322 g/mol. The molecule has 0 saturated carbocycles. The Balaban J connectivity index is 1.90. The number of nitrogens with one attached hydrogen (secondary N) is 1. The third-order valence-electron chi connectivity index (χ3n) is 3.07. The molecule has 0 fully saturated rings. The maximum atomic E-state index is 11.3. The maximum absolute atomic E-state index is 11.3. The van der Waals surface area contributed by atoms with Crippen molar-refractivity contribution in [3.63, 3.8) is 0 Å². The molecule has 0 unspecified atom stereocenters. The molecule has 2 heterocycles. The third-order valence-corrected chi connectivity index (χ3v) is 5.21. The first-order valence-corrected chi connectivity index (χ1v) is 8.73. The van der Waals surface area contributed by atoms with Gasteiger partial charge in [0.2, 0.25) is 10.0 Å². The van der Waals surface area contributed by atoms with E-state index >= 15 is 0 Å². The minimum Gasteiger partial charge on any atom is -0.263 e. The second kappa shape index (κ2) is 5.59. The Morgan fingerprint density at radius 3 is 2.59 bits per heavy atom. The van der Waals surface area contributed by atoms with Crippen LogP contribution >= 0.6 is 11.3 Å². The van der Waals surface area contributed by atoms with Crippen molar-refractivity contribution in [1.82, 2.24) is 20.2 Å². The number of primary sulfonamides is 1. The highest BCUT2D eigenvalue weighted by Crippen LogP contribution is 2.31. The van der Waals surface area contributed by atoms with Gasteiger partial charge in [-0.25, -0.2) is 23.5 Å². The second-order valence-electron chi connectivity index (χ2n) is 4.70. The van der Waals surface area contributed by atoms with Gasteiger partial charge in [0.15, 0.2) is 0 Å². The first kappa shape index (κ1) is 14.8. The maximum Gasteiger partial charge on any atom is 0.238 e. The van der Waals surface area contributed by atoms with Crippen LogP contribution in [0.1, 0.15) is 16.5 Å². The van der Waals surface area contributed by atoms with Crippen molar-refractivity contribution in [3.8, 4) is 10.4 Å². The zero-order valence-electron chi connectivity index (χ0n) is 11.6. The van der Waals surface area contributed by atoms with Crippen molar-refractivity contribution >= 4 is 21.4 Å². The van der Waals surface area contributed by atoms with E-state index in [2.05, 4.69) is 20.2 Å². The molecule has 3 rings (SSSR count). The van der Waals surface area contributed by atoms with Gasteiger partial charge in [-0.2, -0.15) is 5.10 Å². The first-order valence-electron chi connectivity index (χ1n) is 6.37. The van der Waals surface area contributed by atoms with E-state index < -0.39 is 10.0 Å². The largest absolute Gasteiger partial charge is 0.263 e. The van der Waals surface area contributed by atoms with Gasteiger partial charge in [0, 0.05) is 0 Å². The normalized spacial score (nSPS) is 11.7. The number of nitrogens with zero attached hydrogens (tertiary/aromatic N) is 3. The van der Waals surface area contributed by atoms with E-state index in [0.29, 0.717) is 6.42 Å². The van der Waals surface area contributed by atoms with Gasteiger partial charge >= 0.3 is 0 Å². The number of thiazole rings is 1. The van der Waals surface area contributed by atoms with E-state index in [4.69, 9.17) is 5.14 Å². The fourth-order valence-electron chi connectivity index (χ4n) is 2.05. The Labute approximate surface area is 131 Å². The summed E-state index contributed by atoms with van der Waals surface area (Å²) in [6.07, 6.45) is 2.05. The number of hydrogen-bond donors (Lipinski definition) is 2. The topological polar surface area (TPSA) is 115 Å². The van der Waals surface area contributed by atoms with Crippen LogP contribution in [-0.4, -0.2) is 28.6 Å². The van der Waals surface area contributed by atoms with Gasteiger partial charge in [0.1, 0.15) is 17.2 Å². The number of benzene rings is 1. The Morgan fingerprint density at radius 2 is 2.00 bits per heavy atom. The first-order chi connectivity index (χ1) is 10.4. The van der Waals surface area contributed by atoms with E-state index in [1.165, 1.54) is 18.5 Å². The van der Waals surface area contributed by atoms with Gasteiger partial charge < -0.3 is 0 Å². The summed E-state index contributed by atoms with van der Waals surface area (Å²) >= 11 is 1.54. The summed E-state index contributed by atoms with van der Waals surface area (Å²) < 4.78 is 22.6. The van der Waals surface area contributed by atoms with Crippen LogP contribution in [-0.2, 0) is 16.4 Å². The summed E-state index contributed by atoms with van der Waals surface area (Å²) in [5.74, 6) is 0.755. The molecule has 3 N–H and O–H groups in total. The third kappa shape index (κ3) is 3.06. The lowest BCUT2D eigenvalue weighted by molar-refractivity contribution is 0.598. The monoisotopic (exact) mass is 335 g/mol. The fourth-order valence-corrected chi connectivity index (χ4v) is 3.64. The summed E-state index contributed by atoms with van der Waals surface area (Å²) in [5.41, 5.74) is 1.80. The molecule has 9 heteroatoms. The minimum atomic E-state index is -3.67. The summed E-state index contributed by atoms with van der Waals surface area (Å²) in [4.78, 5) is 9.70. The van der Waals surface area contributed by atoms with Crippen LogP contribution in [0.25, 0.3) is 10.4 Å². The number of sulfonamides is 1. The molecule has 0 amide bonds. The van der Waals surface area contributed by atoms with E-state index in [-0.39, 0.29) is 4.90 Å². The van der Waals surface area contributed by atoms with Gasteiger partial charge in [0.25, 0.3) is 0 Å². The van der Waals surface area contributed by atoms with E-state index in [1.807, 2.05) is 6.92 Å². The lowest BCUT2D eigenvalue weighted by atomic mass is 10.2. The van der Waals surface area contributed by atoms with Crippen molar-refractivity contribution < 1.29 is 8.42 Å². The molecule has 0 saturated heterocycles. The molecule has 0 atom stereocenters. The second-order valence-corrected chi connectivity index (χ2v) is 7.35.